The van der Waals surface area contributed by atoms with E-state index in [4.69, 9.17) is 0 Å². The zero-order valence-corrected chi connectivity index (χ0v) is 16.0. The number of nitrogens with zero attached hydrogens (tertiary/aromatic N) is 1. The Balaban J connectivity index is 0.000000257. The molecule has 2 aromatic rings. The third-order valence-electron chi connectivity index (χ3n) is 3.85. The molecule has 0 bridgehead atoms. The van der Waals surface area contributed by atoms with E-state index in [0.717, 1.165) is 12.3 Å². The molecule has 0 fully saturated rings. The zero-order chi connectivity index (χ0) is 18.1. The Morgan fingerprint density at radius 3 is 2.29 bits per heavy atom. The topological polar surface area (TPSA) is 4.93 Å². The van der Waals surface area contributed by atoms with Crippen molar-refractivity contribution in [3.63, 3.8) is 0 Å². The molecule has 24 heavy (non-hydrogen) atoms. The van der Waals surface area contributed by atoms with Gasteiger partial charge in [-0.25, -0.2) is 0 Å². The summed E-state index contributed by atoms with van der Waals surface area (Å²) < 4.78 is 2.22. The van der Waals surface area contributed by atoms with Crippen molar-refractivity contribution >= 4 is 10.9 Å². The van der Waals surface area contributed by atoms with Gasteiger partial charge in [-0.3, -0.25) is 0 Å². The lowest BCUT2D eigenvalue weighted by Crippen LogP contribution is -1.92. The molecule has 0 radical (unpaired) electrons. The van der Waals surface area contributed by atoms with Gasteiger partial charge in [0.05, 0.1) is 0 Å². The van der Waals surface area contributed by atoms with Crippen LogP contribution >= 0.6 is 0 Å². The summed E-state index contributed by atoms with van der Waals surface area (Å²) in [4.78, 5) is 0. The second-order valence-electron chi connectivity index (χ2n) is 7.16. The number of aryl methyl sites for hydroxylation is 1. The lowest BCUT2D eigenvalue weighted by Gasteiger charge is -2.03. The maximum Gasteiger partial charge on any atom is 0.0480 e. The van der Waals surface area contributed by atoms with Gasteiger partial charge in [0.15, 0.2) is 0 Å². The Kier molecular flexibility index (Phi) is 8.32. The Labute approximate surface area is 148 Å². The van der Waals surface area contributed by atoms with E-state index in [0.29, 0.717) is 5.92 Å². The van der Waals surface area contributed by atoms with Gasteiger partial charge in [-0.15, -0.1) is 0 Å². The Hall–Kier alpha value is -2.02. The molecule has 0 saturated heterocycles. The fraction of sp³-hybridized carbons (Fsp3) is 0.391. The Morgan fingerprint density at radius 2 is 1.75 bits per heavy atom. The molecule has 1 nitrogen and oxygen atoms in total. The van der Waals surface area contributed by atoms with Gasteiger partial charge in [0.25, 0.3) is 0 Å². The van der Waals surface area contributed by atoms with Crippen molar-refractivity contribution in [1.29, 1.82) is 0 Å². The number of hydrogen-bond donors (Lipinski definition) is 0. The van der Waals surface area contributed by atoms with Crippen LogP contribution in [0.3, 0.4) is 0 Å². The van der Waals surface area contributed by atoms with Gasteiger partial charge < -0.3 is 4.57 Å². The first kappa shape index (κ1) is 20.0. The molecular formula is C23H33N. The molecule has 2 rings (SSSR count). The van der Waals surface area contributed by atoms with Crippen molar-refractivity contribution in [1.82, 2.24) is 4.57 Å². The van der Waals surface area contributed by atoms with Gasteiger partial charge in [-0.1, -0.05) is 77.3 Å². The molecule has 0 spiro atoms. The van der Waals surface area contributed by atoms with Crippen molar-refractivity contribution < 1.29 is 0 Å². The molecule has 130 valence electrons. The fourth-order valence-electron chi connectivity index (χ4n) is 2.87. The SMILES string of the molecule is C=C/C=C(\C=C)CC(C)C.CC(C)Cc1cn(C)c2ccccc12. The van der Waals surface area contributed by atoms with Crippen LogP contribution < -0.4 is 0 Å². The van der Waals surface area contributed by atoms with E-state index < -0.39 is 0 Å². The van der Waals surface area contributed by atoms with E-state index in [2.05, 4.69) is 82.9 Å². The minimum atomic E-state index is 0.698. The highest BCUT2D eigenvalue weighted by Gasteiger charge is 2.06. The van der Waals surface area contributed by atoms with Crippen LogP contribution in [-0.2, 0) is 13.5 Å². The minimum Gasteiger partial charge on any atom is -0.350 e. The lowest BCUT2D eigenvalue weighted by molar-refractivity contribution is 0.648. The van der Waals surface area contributed by atoms with E-state index in [-0.39, 0.29) is 0 Å². The molecule has 0 aliphatic rings. The van der Waals surface area contributed by atoms with E-state index in [1.165, 1.54) is 28.5 Å². The molecule has 1 aromatic carbocycles. The highest BCUT2D eigenvalue weighted by molar-refractivity contribution is 5.83. The first-order valence-corrected chi connectivity index (χ1v) is 8.86. The van der Waals surface area contributed by atoms with Crippen molar-refractivity contribution in [2.45, 2.75) is 40.5 Å². The smallest absolute Gasteiger partial charge is 0.0480 e. The predicted octanol–water partition coefficient (Wildman–Crippen LogP) is 6.71. The van der Waals surface area contributed by atoms with Crippen molar-refractivity contribution in [2.75, 3.05) is 0 Å². The number of para-hydroxylation sites is 1. The quantitative estimate of drug-likeness (QED) is 0.521. The Morgan fingerprint density at radius 1 is 1.08 bits per heavy atom. The third-order valence-corrected chi connectivity index (χ3v) is 3.85. The number of fused-ring (bicyclic) bond motifs is 1. The van der Waals surface area contributed by atoms with Gasteiger partial charge in [0.2, 0.25) is 0 Å². The number of hydrogen-bond acceptors (Lipinski definition) is 0. The summed E-state index contributed by atoms with van der Waals surface area (Å²) in [7, 11) is 2.12. The standard InChI is InChI=1S/C13H17N.C10H16/c1-10(2)8-11-9-14(3)13-7-5-4-6-12(11)13;1-5-7-10(6-2)8-9(3)4/h4-7,9-10H,8H2,1-3H3;5-7,9H,1-2,8H2,3-4H3/b;10-7+. The molecule has 0 saturated carbocycles. The van der Waals surface area contributed by atoms with Crippen LogP contribution in [0.1, 0.15) is 39.7 Å². The summed E-state index contributed by atoms with van der Waals surface area (Å²) in [5.41, 5.74) is 4.08. The second-order valence-corrected chi connectivity index (χ2v) is 7.16. The highest BCUT2D eigenvalue weighted by atomic mass is 14.9. The Bertz CT molecular complexity index is 683. The second kappa shape index (κ2) is 9.97. The molecule has 0 N–H and O–H groups in total. The summed E-state index contributed by atoms with van der Waals surface area (Å²) in [5.74, 6) is 1.42. The molecule has 0 atom stereocenters. The average Bonchev–Trinajstić information content (AvgIpc) is 2.83. The maximum absolute atomic E-state index is 3.72. The summed E-state index contributed by atoms with van der Waals surface area (Å²) >= 11 is 0. The van der Waals surface area contributed by atoms with Crippen LogP contribution in [0.5, 0.6) is 0 Å². The number of aromatic nitrogens is 1. The van der Waals surface area contributed by atoms with Gasteiger partial charge >= 0.3 is 0 Å². The lowest BCUT2D eigenvalue weighted by atomic mass is 10.0. The largest absolute Gasteiger partial charge is 0.350 e. The van der Waals surface area contributed by atoms with Gasteiger partial charge in [0.1, 0.15) is 0 Å². The summed E-state index contributed by atoms with van der Waals surface area (Å²) in [6.45, 7) is 16.3. The summed E-state index contributed by atoms with van der Waals surface area (Å²) in [6, 6.07) is 8.61. The fourth-order valence-corrected chi connectivity index (χ4v) is 2.87. The van der Waals surface area contributed by atoms with Gasteiger partial charge in [0, 0.05) is 24.1 Å². The molecule has 1 heteroatoms. The minimum absolute atomic E-state index is 0.698. The van der Waals surface area contributed by atoms with Crippen LogP contribution in [0.2, 0.25) is 0 Å². The van der Waals surface area contributed by atoms with Crippen LogP contribution in [0.25, 0.3) is 10.9 Å². The number of rotatable bonds is 6. The van der Waals surface area contributed by atoms with Crippen LogP contribution in [0.4, 0.5) is 0 Å². The molecular weight excluding hydrogens is 290 g/mol. The van der Waals surface area contributed by atoms with Crippen molar-refractivity contribution in [2.24, 2.45) is 18.9 Å². The molecule has 0 aliphatic carbocycles. The van der Waals surface area contributed by atoms with Crippen LogP contribution in [0.15, 0.2) is 67.4 Å². The third kappa shape index (κ3) is 6.23. The molecule has 1 heterocycles. The maximum atomic E-state index is 3.72. The van der Waals surface area contributed by atoms with E-state index in [1.807, 2.05) is 12.2 Å². The highest BCUT2D eigenvalue weighted by Crippen LogP contribution is 2.22. The van der Waals surface area contributed by atoms with Crippen LogP contribution in [0, 0.1) is 11.8 Å². The van der Waals surface area contributed by atoms with E-state index >= 15 is 0 Å². The summed E-state index contributed by atoms with van der Waals surface area (Å²) in [5, 5.41) is 1.41. The van der Waals surface area contributed by atoms with E-state index in [9.17, 15) is 0 Å². The molecule has 0 aliphatic heterocycles. The zero-order valence-electron chi connectivity index (χ0n) is 16.0. The average molecular weight is 324 g/mol. The van der Waals surface area contributed by atoms with Crippen LogP contribution in [-0.4, -0.2) is 4.57 Å². The van der Waals surface area contributed by atoms with E-state index in [1.54, 1.807) is 6.08 Å². The van der Waals surface area contributed by atoms with Crippen molar-refractivity contribution in [3.8, 4) is 0 Å². The molecule has 1 aromatic heterocycles. The molecule has 0 amide bonds. The number of benzene rings is 1. The first-order valence-electron chi connectivity index (χ1n) is 8.86. The van der Waals surface area contributed by atoms with Crippen molar-refractivity contribution in [3.05, 3.63) is 73.0 Å². The normalized spacial score (nSPS) is 11.5. The number of allylic oxidation sites excluding steroid dienone is 4. The first-order chi connectivity index (χ1) is 11.4. The van der Waals surface area contributed by atoms with Gasteiger partial charge in [-0.2, -0.15) is 0 Å². The summed E-state index contributed by atoms with van der Waals surface area (Å²) in [6.07, 6.45) is 10.2. The predicted molar refractivity (Wildman–Crippen MR) is 109 cm³/mol. The van der Waals surface area contributed by atoms with Gasteiger partial charge in [-0.05, 0) is 41.9 Å². The monoisotopic (exact) mass is 323 g/mol. The molecule has 0 unspecified atom stereocenters.